The van der Waals surface area contributed by atoms with Gasteiger partial charge in [0, 0.05) is 45.5 Å². The lowest BCUT2D eigenvalue weighted by Crippen LogP contribution is -2.41. The third kappa shape index (κ3) is 4.73. The summed E-state index contributed by atoms with van der Waals surface area (Å²) in [5.74, 6) is -0.327. The number of methoxy groups -OCH3 is 2. The van der Waals surface area contributed by atoms with Crippen LogP contribution in [0.5, 0.6) is 0 Å². The van der Waals surface area contributed by atoms with Crippen molar-refractivity contribution in [2.75, 3.05) is 27.3 Å². The second-order valence-corrected chi connectivity index (χ2v) is 7.16. The predicted octanol–water partition coefficient (Wildman–Crippen LogP) is 1.06. The van der Waals surface area contributed by atoms with Crippen LogP contribution in [0.15, 0.2) is 0 Å². The molecular formula is C17H28N4O5. The van der Waals surface area contributed by atoms with Crippen molar-refractivity contribution in [2.24, 2.45) is 7.05 Å². The van der Waals surface area contributed by atoms with E-state index in [0.29, 0.717) is 25.2 Å². The fraction of sp³-hybridized carbons (Fsp3) is 0.706. The van der Waals surface area contributed by atoms with Crippen molar-refractivity contribution < 1.29 is 23.8 Å². The summed E-state index contributed by atoms with van der Waals surface area (Å²) in [4.78, 5) is 26.5. The Morgan fingerprint density at radius 3 is 2.50 bits per heavy atom. The van der Waals surface area contributed by atoms with Gasteiger partial charge in [0.1, 0.15) is 5.60 Å². The summed E-state index contributed by atoms with van der Waals surface area (Å²) in [5, 5.41) is 7.08. The normalized spacial score (nSPS) is 14.3. The SMILES string of the molecule is COC(CNC(=O)c1nn(C)c2c1CN(C(=O)OC(C)(C)C)CC2)OC. The quantitative estimate of drug-likeness (QED) is 0.781. The molecule has 2 amide bonds. The maximum atomic E-state index is 12.5. The van der Waals surface area contributed by atoms with Crippen molar-refractivity contribution in [2.45, 2.75) is 45.6 Å². The second-order valence-electron chi connectivity index (χ2n) is 7.16. The number of nitrogens with zero attached hydrogens (tertiary/aromatic N) is 3. The van der Waals surface area contributed by atoms with Gasteiger partial charge in [-0.3, -0.25) is 9.48 Å². The molecule has 1 aromatic rings. The van der Waals surface area contributed by atoms with Gasteiger partial charge in [0.15, 0.2) is 12.0 Å². The second kappa shape index (κ2) is 8.05. The van der Waals surface area contributed by atoms with Crippen molar-refractivity contribution in [1.29, 1.82) is 0 Å². The van der Waals surface area contributed by atoms with Crippen LogP contribution in [-0.4, -0.2) is 65.9 Å². The Hall–Kier alpha value is -2.13. The van der Waals surface area contributed by atoms with Gasteiger partial charge in [-0.2, -0.15) is 5.10 Å². The zero-order valence-electron chi connectivity index (χ0n) is 16.3. The van der Waals surface area contributed by atoms with E-state index in [9.17, 15) is 9.59 Å². The minimum absolute atomic E-state index is 0.201. The lowest BCUT2D eigenvalue weighted by Gasteiger charge is -2.30. The van der Waals surface area contributed by atoms with Crippen molar-refractivity contribution in [3.8, 4) is 0 Å². The molecule has 0 radical (unpaired) electrons. The first-order valence-corrected chi connectivity index (χ1v) is 8.52. The number of nitrogens with one attached hydrogen (secondary N) is 1. The molecule has 0 unspecified atom stereocenters. The third-order valence-electron chi connectivity index (χ3n) is 4.06. The number of amides is 2. The Morgan fingerprint density at radius 1 is 1.27 bits per heavy atom. The molecule has 0 saturated heterocycles. The van der Waals surface area contributed by atoms with Crippen LogP contribution in [0.3, 0.4) is 0 Å². The molecule has 1 N–H and O–H groups in total. The van der Waals surface area contributed by atoms with Crippen molar-refractivity contribution in [1.82, 2.24) is 20.0 Å². The summed E-state index contributed by atoms with van der Waals surface area (Å²) in [6, 6.07) is 0. The van der Waals surface area contributed by atoms with Crippen LogP contribution >= 0.6 is 0 Å². The molecule has 0 spiro atoms. The number of rotatable bonds is 5. The number of aromatic nitrogens is 2. The predicted molar refractivity (Wildman–Crippen MR) is 93.7 cm³/mol. The first-order valence-electron chi connectivity index (χ1n) is 8.52. The highest BCUT2D eigenvalue weighted by Gasteiger charge is 2.31. The van der Waals surface area contributed by atoms with E-state index < -0.39 is 18.0 Å². The van der Waals surface area contributed by atoms with Gasteiger partial charge in [-0.15, -0.1) is 0 Å². The number of carbonyl (C=O) groups is 2. The molecule has 26 heavy (non-hydrogen) atoms. The van der Waals surface area contributed by atoms with E-state index in [1.165, 1.54) is 14.2 Å². The van der Waals surface area contributed by atoms with Crippen LogP contribution in [0.25, 0.3) is 0 Å². The zero-order valence-corrected chi connectivity index (χ0v) is 16.3. The number of ether oxygens (including phenoxy) is 3. The van der Waals surface area contributed by atoms with Gasteiger partial charge in [0.05, 0.1) is 13.1 Å². The number of carbonyl (C=O) groups excluding carboxylic acids is 2. The molecule has 2 rings (SSSR count). The minimum atomic E-state index is -0.568. The molecule has 1 aromatic heterocycles. The summed E-state index contributed by atoms with van der Waals surface area (Å²) in [6.07, 6.45) is -0.307. The molecule has 0 aromatic carbocycles. The van der Waals surface area contributed by atoms with Crippen molar-refractivity contribution in [3.63, 3.8) is 0 Å². The fourth-order valence-electron chi connectivity index (χ4n) is 2.78. The Morgan fingerprint density at radius 2 is 1.92 bits per heavy atom. The molecule has 146 valence electrons. The lowest BCUT2D eigenvalue weighted by molar-refractivity contribution is -0.0974. The Kier molecular flexibility index (Phi) is 6.25. The van der Waals surface area contributed by atoms with E-state index in [2.05, 4.69) is 10.4 Å². The zero-order chi connectivity index (χ0) is 19.5. The standard InChI is InChI=1S/C17H28N4O5/c1-17(2,3)26-16(23)21-8-7-12-11(10-21)14(19-20(12)4)15(22)18-9-13(24-5)25-6/h13H,7-10H2,1-6H3,(H,18,22). The molecule has 0 aliphatic carbocycles. The van der Waals surface area contributed by atoms with Gasteiger partial charge in [0.2, 0.25) is 0 Å². The van der Waals surface area contributed by atoms with E-state index in [-0.39, 0.29) is 12.5 Å². The van der Waals surface area contributed by atoms with Crippen LogP contribution in [0.4, 0.5) is 4.79 Å². The average molecular weight is 368 g/mol. The number of aryl methyl sites for hydroxylation is 1. The Labute approximate surface area is 153 Å². The van der Waals surface area contributed by atoms with E-state index in [1.54, 1.807) is 16.6 Å². The molecule has 1 aliphatic rings. The summed E-state index contributed by atoms with van der Waals surface area (Å²) in [5.41, 5.74) is 1.43. The average Bonchev–Trinajstić information content (AvgIpc) is 2.90. The van der Waals surface area contributed by atoms with Gasteiger partial charge >= 0.3 is 6.09 Å². The smallest absolute Gasteiger partial charge is 0.410 e. The van der Waals surface area contributed by atoms with Crippen LogP contribution in [0, 0.1) is 0 Å². The lowest BCUT2D eigenvalue weighted by atomic mass is 10.1. The largest absolute Gasteiger partial charge is 0.444 e. The summed E-state index contributed by atoms with van der Waals surface area (Å²) in [7, 11) is 4.80. The van der Waals surface area contributed by atoms with E-state index in [4.69, 9.17) is 14.2 Å². The highest BCUT2D eigenvalue weighted by molar-refractivity contribution is 5.94. The molecule has 0 saturated carbocycles. The minimum Gasteiger partial charge on any atom is -0.444 e. The maximum Gasteiger partial charge on any atom is 0.410 e. The summed E-state index contributed by atoms with van der Waals surface area (Å²) < 4.78 is 17.3. The van der Waals surface area contributed by atoms with Crippen LogP contribution < -0.4 is 5.32 Å². The number of hydrogen-bond donors (Lipinski definition) is 1. The van der Waals surface area contributed by atoms with Gasteiger partial charge in [-0.1, -0.05) is 0 Å². The molecule has 2 heterocycles. The molecular weight excluding hydrogens is 340 g/mol. The van der Waals surface area contributed by atoms with E-state index in [0.717, 1.165) is 11.3 Å². The van der Waals surface area contributed by atoms with Crippen LogP contribution in [-0.2, 0) is 34.2 Å². The fourth-order valence-corrected chi connectivity index (χ4v) is 2.78. The highest BCUT2D eigenvalue weighted by atomic mass is 16.7. The molecule has 9 heteroatoms. The van der Waals surface area contributed by atoms with Crippen LogP contribution in [0.2, 0.25) is 0 Å². The van der Waals surface area contributed by atoms with Crippen molar-refractivity contribution >= 4 is 12.0 Å². The first-order chi connectivity index (χ1) is 12.2. The molecule has 0 bridgehead atoms. The number of fused-ring (bicyclic) bond motifs is 1. The highest BCUT2D eigenvalue weighted by Crippen LogP contribution is 2.23. The van der Waals surface area contributed by atoms with Gasteiger partial charge in [-0.05, 0) is 20.8 Å². The van der Waals surface area contributed by atoms with Crippen LogP contribution in [0.1, 0.15) is 42.5 Å². The molecule has 0 atom stereocenters. The summed E-state index contributed by atoms with van der Waals surface area (Å²) >= 11 is 0. The third-order valence-corrected chi connectivity index (χ3v) is 4.06. The monoisotopic (exact) mass is 368 g/mol. The van der Waals surface area contributed by atoms with Gasteiger partial charge in [-0.25, -0.2) is 4.79 Å². The van der Waals surface area contributed by atoms with E-state index >= 15 is 0 Å². The number of hydrogen-bond acceptors (Lipinski definition) is 6. The molecule has 1 aliphatic heterocycles. The summed E-state index contributed by atoms with van der Waals surface area (Å²) in [6.45, 7) is 6.49. The van der Waals surface area contributed by atoms with Gasteiger partial charge < -0.3 is 24.4 Å². The van der Waals surface area contributed by atoms with Gasteiger partial charge in [0.25, 0.3) is 5.91 Å². The maximum absolute atomic E-state index is 12.5. The Bertz CT molecular complexity index is 661. The first kappa shape index (κ1) is 20.2. The Balaban J connectivity index is 2.13. The van der Waals surface area contributed by atoms with Crippen molar-refractivity contribution in [3.05, 3.63) is 17.0 Å². The van der Waals surface area contributed by atoms with E-state index in [1.807, 2.05) is 20.8 Å². The molecule has 0 fully saturated rings. The molecule has 9 nitrogen and oxygen atoms in total. The topological polar surface area (TPSA) is 94.9 Å².